The van der Waals surface area contributed by atoms with Gasteiger partial charge >= 0.3 is 0 Å². The Bertz CT molecular complexity index is 1440. The molecule has 7 nitrogen and oxygen atoms in total. The van der Waals surface area contributed by atoms with Gasteiger partial charge in [-0.2, -0.15) is 0 Å². The predicted octanol–water partition coefficient (Wildman–Crippen LogP) is 5.91. The van der Waals surface area contributed by atoms with Crippen LogP contribution in [0.1, 0.15) is 51.0 Å². The van der Waals surface area contributed by atoms with Gasteiger partial charge in [-0.3, -0.25) is 10.1 Å². The molecule has 11 heteroatoms. The number of thiazole rings is 1. The van der Waals surface area contributed by atoms with Crippen LogP contribution in [0, 0.1) is 5.92 Å². The number of allylic oxidation sites excluding steroid dienone is 1. The second-order valence-corrected chi connectivity index (χ2v) is 13.0. The number of nitrogens with one attached hydrogen (secondary N) is 1. The minimum absolute atomic E-state index is 0.0159. The SMILES string of the molecule is CCCCOc1ccc2nc(NC(=O)/C(=C/C3CC(F)C(F)C3)c3ccc(S(=O)(=O)C4CC4)cc3)sc2n1. The van der Waals surface area contributed by atoms with Crippen LogP contribution in [0.2, 0.25) is 0 Å². The number of nitrogens with zero attached hydrogens (tertiary/aromatic N) is 2. The average molecular weight is 562 g/mol. The Kier molecular flexibility index (Phi) is 7.76. The molecule has 1 aromatic carbocycles. The van der Waals surface area contributed by atoms with Crippen LogP contribution in [-0.4, -0.2) is 48.5 Å². The zero-order chi connectivity index (χ0) is 26.9. The van der Waals surface area contributed by atoms with E-state index in [-0.39, 0.29) is 28.6 Å². The lowest BCUT2D eigenvalue weighted by Crippen LogP contribution is -2.15. The Morgan fingerprint density at radius 3 is 2.47 bits per heavy atom. The molecule has 2 fully saturated rings. The number of rotatable bonds is 10. The molecule has 0 bridgehead atoms. The van der Waals surface area contributed by atoms with Gasteiger partial charge in [-0.1, -0.05) is 42.9 Å². The zero-order valence-electron chi connectivity index (χ0n) is 20.9. The third-order valence-electron chi connectivity index (χ3n) is 6.75. The van der Waals surface area contributed by atoms with E-state index in [9.17, 15) is 22.0 Å². The molecule has 2 saturated carbocycles. The molecule has 3 aromatic rings. The molecule has 1 N–H and O–H groups in total. The minimum Gasteiger partial charge on any atom is -0.478 e. The molecule has 38 heavy (non-hydrogen) atoms. The molecule has 1 amide bonds. The first-order valence-corrected chi connectivity index (χ1v) is 15.2. The number of anilines is 1. The number of carbonyl (C=O) groups excluding carboxylic acids is 1. The molecular weight excluding hydrogens is 532 g/mol. The van der Waals surface area contributed by atoms with Crippen molar-refractivity contribution in [2.24, 2.45) is 5.92 Å². The van der Waals surface area contributed by atoms with Gasteiger partial charge in [-0.15, -0.1) is 0 Å². The molecule has 2 unspecified atom stereocenters. The van der Waals surface area contributed by atoms with Gasteiger partial charge in [-0.05, 0) is 61.8 Å². The monoisotopic (exact) mass is 561 g/mol. The highest BCUT2D eigenvalue weighted by Gasteiger charge is 2.37. The molecule has 2 heterocycles. The van der Waals surface area contributed by atoms with E-state index in [1.807, 2.05) is 0 Å². The summed E-state index contributed by atoms with van der Waals surface area (Å²) in [5.41, 5.74) is 1.27. The summed E-state index contributed by atoms with van der Waals surface area (Å²) >= 11 is 1.19. The number of ether oxygens (including phenoxy) is 1. The van der Waals surface area contributed by atoms with Gasteiger partial charge in [-0.25, -0.2) is 27.2 Å². The van der Waals surface area contributed by atoms with Gasteiger partial charge in [0.05, 0.1) is 16.8 Å². The van der Waals surface area contributed by atoms with Crippen molar-refractivity contribution in [2.45, 2.75) is 67.9 Å². The molecule has 2 aliphatic rings. The van der Waals surface area contributed by atoms with Crippen molar-refractivity contribution in [3.05, 3.63) is 48.0 Å². The average Bonchev–Trinajstić information content (AvgIpc) is 3.61. The summed E-state index contributed by atoms with van der Waals surface area (Å²) in [7, 11) is -3.38. The number of unbranched alkanes of at least 4 members (excludes halogenated alkanes) is 1. The molecule has 2 aromatic heterocycles. The molecule has 5 rings (SSSR count). The Hall–Kier alpha value is -2.92. The topological polar surface area (TPSA) is 98.2 Å². The highest BCUT2D eigenvalue weighted by molar-refractivity contribution is 7.92. The fourth-order valence-corrected chi connectivity index (χ4v) is 6.94. The third-order valence-corrected chi connectivity index (χ3v) is 9.91. The third kappa shape index (κ3) is 5.88. The van der Waals surface area contributed by atoms with Gasteiger partial charge in [0.2, 0.25) is 5.88 Å². The minimum atomic E-state index is -3.38. The van der Waals surface area contributed by atoms with Crippen LogP contribution in [0.15, 0.2) is 47.4 Å². The lowest BCUT2D eigenvalue weighted by molar-refractivity contribution is -0.111. The van der Waals surface area contributed by atoms with Crippen LogP contribution in [0.3, 0.4) is 0 Å². The Labute approximate surface area is 224 Å². The van der Waals surface area contributed by atoms with E-state index in [1.165, 1.54) is 23.5 Å². The standard InChI is InChI=1S/C27H29F2N3O4S2/c1-2-3-12-36-24-11-10-23-26(31-24)37-27(30-23)32-25(33)20(13-16-14-21(28)22(29)15-16)17-4-6-18(7-5-17)38(34,35)19-8-9-19/h4-7,10-11,13,16,19,21-22H,2-3,8-9,12,14-15H2,1H3,(H,30,32,33)/b20-13+. The molecule has 0 aliphatic heterocycles. The molecule has 0 saturated heterocycles. The first kappa shape index (κ1) is 26.7. The Morgan fingerprint density at radius 1 is 1.11 bits per heavy atom. The highest BCUT2D eigenvalue weighted by Crippen LogP contribution is 2.36. The fourth-order valence-electron chi connectivity index (χ4n) is 4.46. The van der Waals surface area contributed by atoms with Crippen molar-refractivity contribution >= 4 is 48.1 Å². The summed E-state index contributed by atoms with van der Waals surface area (Å²) in [5, 5.41) is 2.76. The van der Waals surface area contributed by atoms with E-state index < -0.39 is 34.0 Å². The predicted molar refractivity (Wildman–Crippen MR) is 144 cm³/mol. The molecule has 2 aliphatic carbocycles. The summed E-state index contributed by atoms with van der Waals surface area (Å²) < 4.78 is 58.6. The van der Waals surface area contributed by atoms with Crippen molar-refractivity contribution in [1.82, 2.24) is 9.97 Å². The number of sulfone groups is 1. The van der Waals surface area contributed by atoms with Gasteiger partial charge in [0, 0.05) is 11.6 Å². The van der Waals surface area contributed by atoms with E-state index in [1.54, 1.807) is 30.3 Å². The maximum atomic E-state index is 13.9. The van der Waals surface area contributed by atoms with Crippen molar-refractivity contribution < 1.29 is 26.7 Å². The van der Waals surface area contributed by atoms with Crippen molar-refractivity contribution in [3.8, 4) is 5.88 Å². The van der Waals surface area contributed by atoms with Crippen LogP contribution in [0.4, 0.5) is 13.9 Å². The number of pyridine rings is 1. The van der Waals surface area contributed by atoms with Gasteiger partial charge in [0.25, 0.3) is 5.91 Å². The summed E-state index contributed by atoms with van der Waals surface area (Å²) in [5.74, 6) is -0.480. The number of hydrogen-bond acceptors (Lipinski definition) is 7. The largest absolute Gasteiger partial charge is 0.478 e. The van der Waals surface area contributed by atoms with E-state index in [2.05, 4.69) is 22.2 Å². The molecular formula is C27H29F2N3O4S2. The Morgan fingerprint density at radius 2 is 1.82 bits per heavy atom. The number of aromatic nitrogens is 2. The van der Waals surface area contributed by atoms with E-state index in [0.717, 1.165) is 12.8 Å². The summed E-state index contributed by atoms with van der Waals surface area (Å²) in [6.45, 7) is 2.64. The van der Waals surface area contributed by atoms with Crippen molar-refractivity contribution in [2.75, 3.05) is 11.9 Å². The van der Waals surface area contributed by atoms with Crippen LogP contribution in [0.25, 0.3) is 15.9 Å². The van der Waals surface area contributed by atoms with Crippen LogP contribution in [-0.2, 0) is 14.6 Å². The lowest BCUT2D eigenvalue weighted by Gasteiger charge is -2.12. The number of hydrogen-bond donors (Lipinski definition) is 1. The number of benzene rings is 1. The van der Waals surface area contributed by atoms with E-state index in [0.29, 0.717) is 46.4 Å². The fraction of sp³-hybridized carbons (Fsp3) is 0.444. The number of fused-ring (bicyclic) bond motifs is 1. The van der Waals surface area contributed by atoms with Crippen LogP contribution < -0.4 is 10.1 Å². The normalized spacial score (nSPS) is 22.1. The Balaban J connectivity index is 1.39. The highest BCUT2D eigenvalue weighted by atomic mass is 32.2. The first-order chi connectivity index (χ1) is 18.2. The number of amides is 1. The molecule has 202 valence electrons. The maximum absolute atomic E-state index is 13.9. The summed E-state index contributed by atoms with van der Waals surface area (Å²) in [4.78, 5) is 23.1. The van der Waals surface area contributed by atoms with E-state index in [4.69, 9.17) is 4.74 Å². The second-order valence-electron chi connectivity index (χ2n) is 9.76. The number of halogens is 2. The summed E-state index contributed by atoms with van der Waals surface area (Å²) in [6, 6.07) is 9.59. The van der Waals surface area contributed by atoms with Crippen LogP contribution >= 0.6 is 11.3 Å². The van der Waals surface area contributed by atoms with Crippen molar-refractivity contribution in [1.29, 1.82) is 0 Å². The molecule has 0 spiro atoms. The van der Waals surface area contributed by atoms with Gasteiger partial charge in [0.15, 0.2) is 15.0 Å². The second kappa shape index (κ2) is 11.1. The summed E-state index contributed by atoms with van der Waals surface area (Å²) in [6.07, 6.45) is 1.63. The van der Waals surface area contributed by atoms with E-state index >= 15 is 0 Å². The maximum Gasteiger partial charge on any atom is 0.257 e. The first-order valence-electron chi connectivity index (χ1n) is 12.8. The smallest absolute Gasteiger partial charge is 0.257 e. The quantitative estimate of drug-likeness (QED) is 0.244. The molecule has 0 radical (unpaired) electrons. The number of alkyl halides is 2. The zero-order valence-corrected chi connectivity index (χ0v) is 22.5. The van der Waals surface area contributed by atoms with Crippen molar-refractivity contribution in [3.63, 3.8) is 0 Å². The number of carbonyl (C=O) groups is 1. The van der Waals surface area contributed by atoms with Gasteiger partial charge < -0.3 is 4.74 Å². The van der Waals surface area contributed by atoms with Crippen LogP contribution in [0.5, 0.6) is 5.88 Å². The lowest BCUT2D eigenvalue weighted by atomic mass is 9.98. The van der Waals surface area contributed by atoms with Gasteiger partial charge in [0.1, 0.15) is 22.7 Å². The molecule has 2 atom stereocenters.